The quantitative estimate of drug-likeness (QED) is 0.250. The van der Waals surface area contributed by atoms with Crippen LogP contribution in [0.5, 0.6) is 0 Å². The topological polar surface area (TPSA) is 83.6 Å². The smallest absolute Gasteiger partial charge is 0.234 e. The van der Waals surface area contributed by atoms with Crippen molar-refractivity contribution >= 4 is 35.1 Å². The van der Waals surface area contributed by atoms with Gasteiger partial charge in [0.25, 0.3) is 0 Å². The van der Waals surface area contributed by atoms with E-state index in [0.29, 0.717) is 17.3 Å². The van der Waals surface area contributed by atoms with Crippen molar-refractivity contribution in [2.24, 2.45) is 0 Å². The van der Waals surface area contributed by atoms with Gasteiger partial charge in [0.2, 0.25) is 5.91 Å². The molecule has 1 amide bonds. The number of carbonyl (C=O) groups is 1. The van der Waals surface area contributed by atoms with Gasteiger partial charge in [-0.05, 0) is 24.3 Å². The minimum absolute atomic E-state index is 0.128. The molecule has 0 aliphatic rings. The van der Waals surface area contributed by atoms with Crippen LogP contribution in [0, 0.1) is 11.3 Å². The van der Waals surface area contributed by atoms with Crippen LogP contribution in [0.15, 0.2) is 95.0 Å². The zero-order chi connectivity index (χ0) is 22.9. The Morgan fingerprint density at radius 2 is 1.61 bits per heavy atom. The van der Waals surface area contributed by atoms with Crippen molar-refractivity contribution in [3.63, 3.8) is 0 Å². The van der Waals surface area contributed by atoms with Crippen LogP contribution in [-0.4, -0.2) is 32.2 Å². The molecule has 1 aromatic heterocycles. The molecule has 0 saturated heterocycles. The molecule has 33 heavy (non-hydrogen) atoms. The maximum Gasteiger partial charge on any atom is 0.234 e. The Bertz CT molecular complexity index is 1250. The number of nitrogens with zero attached hydrogens (tertiary/aromatic N) is 4. The first-order valence-electron chi connectivity index (χ1n) is 10.3. The Morgan fingerprint density at radius 1 is 0.909 bits per heavy atom. The molecule has 164 valence electrons. The standard InChI is InChI=1S/C25H21N5OS2/c26-16-9-17-32-22-15-8-7-14-21(22)27-23(31)18-33-25-29-28-24(19-10-3-1-4-11-19)30(25)20-12-5-2-6-13-20/h1-8,10-15H,9,17-18H2,(H,27,31). The maximum absolute atomic E-state index is 12.7. The summed E-state index contributed by atoms with van der Waals surface area (Å²) in [6.45, 7) is 0. The minimum Gasteiger partial charge on any atom is -0.324 e. The Morgan fingerprint density at radius 3 is 2.36 bits per heavy atom. The zero-order valence-corrected chi connectivity index (χ0v) is 19.4. The fourth-order valence-electron chi connectivity index (χ4n) is 3.17. The average molecular weight is 472 g/mol. The summed E-state index contributed by atoms with van der Waals surface area (Å²) in [5.74, 6) is 1.47. The van der Waals surface area contributed by atoms with Gasteiger partial charge in [-0.25, -0.2) is 0 Å². The van der Waals surface area contributed by atoms with Crippen LogP contribution in [0.4, 0.5) is 5.69 Å². The SMILES string of the molecule is N#CCCSc1ccccc1NC(=O)CSc1nnc(-c2ccccc2)n1-c1ccccc1. The van der Waals surface area contributed by atoms with Gasteiger partial charge in [0, 0.05) is 28.3 Å². The molecule has 4 aromatic rings. The van der Waals surface area contributed by atoms with Crippen LogP contribution in [0.3, 0.4) is 0 Å². The number of hydrogen-bond acceptors (Lipinski definition) is 6. The first-order valence-corrected chi connectivity index (χ1v) is 12.3. The fraction of sp³-hybridized carbons (Fsp3) is 0.120. The second kappa shape index (κ2) is 11.4. The molecule has 6 nitrogen and oxygen atoms in total. The van der Waals surface area contributed by atoms with Crippen LogP contribution < -0.4 is 5.32 Å². The summed E-state index contributed by atoms with van der Waals surface area (Å²) < 4.78 is 1.97. The summed E-state index contributed by atoms with van der Waals surface area (Å²) in [5, 5.41) is 21.2. The third-order valence-corrected chi connectivity index (χ3v) is 6.65. The number of carbonyl (C=O) groups excluding carboxylic acids is 1. The lowest BCUT2D eigenvalue weighted by atomic mass is 10.2. The van der Waals surface area contributed by atoms with Crippen molar-refractivity contribution < 1.29 is 4.79 Å². The molecule has 0 radical (unpaired) electrons. The molecule has 0 aliphatic carbocycles. The number of amides is 1. The molecule has 0 fully saturated rings. The largest absolute Gasteiger partial charge is 0.324 e. The summed E-state index contributed by atoms with van der Waals surface area (Å²) in [6, 6.07) is 29.5. The molecule has 0 unspecified atom stereocenters. The van der Waals surface area contributed by atoms with Gasteiger partial charge in [0.1, 0.15) is 0 Å². The zero-order valence-electron chi connectivity index (χ0n) is 17.7. The highest BCUT2D eigenvalue weighted by Crippen LogP contribution is 2.29. The fourth-order valence-corrected chi connectivity index (χ4v) is 4.78. The Balaban J connectivity index is 1.51. The molecule has 4 rings (SSSR count). The van der Waals surface area contributed by atoms with Gasteiger partial charge in [-0.15, -0.1) is 22.0 Å². The number of nitriles is 1. The molecular formula is C25H21N5OS2. The highest BCUT2D eigenvalue weighted by atomic mass is 32.2. The van der Waals surface area contributed by atoms with Crippen LogP contribution in [0.2, 0.25) is 0 Å². The Labute approximate surface area is 201 Å². The van der Waals surface area contributed by atoms with Gasteiger partial charge in [0.05, 0.1) is 17.5 Å². The van der Waals surface area contributed by atoms with Gasteiger partial charge in [-0.3, -0.25) is 9.36 Å². The highest BCUT2D eigenvalue weighted by molar-refractivity contribution is 8.00. The van der Waals surface area contributed by atoms with E-state index in [1.165, 1.54) is 11.8 Å². The lowest BCUT2D eigenvalue weighted by molar-refractivity contribution is -0.113. The number of para-hydroxylation sites is 2. The molecule has 3 aromatic carbocycles. The first-order chi connectivity index (χ1) is 16.3. The molecule has 0 aliphatic heterocycles. The van der Waals surface area contributed by atoms with Crippen LogP contribution in [-0.2, 0) is 4.79 Å². The van der Waals surface area contributed by atoms with Gasteiger partial charge in [0.15, 0.2) is 11.0 Å². The van der Waals surface area contributed by atoms with E-state index < -0.39 is 0 Å². The van der Waals surface area contributed by atoms with E-state index >= 15 is 0 Å². The summed E-state index contributed by atoms with van der Waals surface area (Å²) in [5.41, 5.74) is 2.64. The normalized spacial score (nSPS) is 10.5. The molecule has 0 bridgehead atoms. The summed E-state index contributed by atoms with van der Waals surface area (Å²) in [7, 11) is 0. The molecule has 1 heterocycles. The molecular weight excluding hydrogens is 450 g/mol. The third-order valence-electron chi connectivity index (χ3n) is 4.64. The number of aromatic nitrogens is 3. The molecule has 0 spiro atoms. The molecule has 8 heteroatoms. The second-order valence-corrected chi connectivity index (χ2v) is 9.01. The van der Waals surface area contributed by atoms with E-state index in [2.05, 4.69) is 21.6 Å². The van der Waals surface area contributed by atoms with Gasteiger partial charge >= 0.3 is 0 Å². The maximum atomic E-state index is 12.7. The van der Waals surface area contributed by atoms with E-state index in [0.717, 1.165) is 27.7 Å². The van der Waals surface area contributed by atoms with Gasteiger partial charge < -0.3 is 5.32 Å². The predicted molar refractivity (Wildman–Crippen MR) is 134 cm³/mol. The van der Waals surface area contributed by atoms with E-state index in [-0.39, 0.29) is 11.7 Å². The first kappa shape index (κ1) is 22.6. The lowest BCUT2D eigenvalue weighted by Crippen LogP contribution is -2.15. The number of anilines is 1. The molecule has 1 N–H and O–H groups in total. The Hall–Kier alpha value is -3.54. The molecule has 0 atom stereocenters. The van der Waals surface area contributed by atoms with Crippen molar-refractivity contribution in [1.82, 2.24) is 14.8 Å². The van der Waals surface area contributed by atoms with E-state index in [1.807, 2.05) is 89.5 Å². The number of hydrogen-bond donors (Lipinski definition) is 1. The minimum atomic E-state index is -0.128. The van der Waals surface area contributed by atoms with Crippen LogP contribution in [0.25, 0.3) is 17.1 Å². The van der Waals surface area contributed by atoms with Crippen molar-refractivity contribution in [3.8, 4) is 23.1 Å². The van der Waals surface area contributed by atoms with E-state index in [1.54, 1.807) is 11.8 Å². The van der Waals surface area contributed by atoms with Crippen LogP contribution in [0.1, 0.15) is 6.42 Å². The summed E-state index contributed by atoms with van der Waals surface area (Å²) in [6.07, 6.45) is 0.460. The number of rotatable bonds is 9. The second-order valence-electron chi connectivity index (χ2n) is 6.93. The van der Waals surface area contributed by atoms with Crippen molar-refractivity contribution in [2.75, 3.05) is 16.8 Å². The van der Waals surface area contributed by atoms with Crippen molar-refractivity contribution in [3.05, 3.63) is 84.9 Å². The van der Waals surface area contributed by atoms with Gasteiger partial charge in [-0.1, -0.05) is 72.4 Å². The van der Waals surface area contributed by atoms with Crippen molar-refractivity contribution in [1.29, 1.82) is 5.26 Å². The number of thioether (sulfide) groups is 2. The van der Waals surface area contributed by atoms with E-state index in [4.69, 9.17) is 5.26 Å². The lowest BCUT2D eigenvalue weighted by Gasteiger charge is -2.11. The van der Waals surface area contributed by atoms with E-state index in [9.17, 15) is 4.79 Å². The van der Waals surface area contributed by atoms with Gasteiger partial charge in [-0.2, -0.15) is 5.26 Å². The predicted octanol–water partition coefficient (Wildman–Crippen LogP) is 5.67. The van der Waals surface area contributed by atoms with Crippen molar-refractivity contribution in [2.45, 2.75) is 16.5 Å². The number of benzene rings is 3. The highest BCUT2D eigenvalue weighted by Gasteiger charge is 2.17. The summed E-state index contributed by atoms with van der Waals surface area (Å²) in [4.78, 5) is 13.7. The monoisotopic (exact) mass is 471 g/mol. The summed E-state index contributed by atoms with van der Waals surface area (Å²) >= 11 is 2.90. The molecule has 0 saturated carbocycles. The Kier molecular flexibility index (Phi) is 7.80. The van der Waals surface area contributed by atoms with Crippen LogP contribution >= 0.6 is 23.5 Å². The average Bonchev–Trinajstić information content (AvgIpc) is 3.29. The third kappa shape index (κ3) is 5.83. The number of nitrogens with one attached hydrogen (secondary N) is 1.